The van der Waals surface area contributed by atoms with Crippen LogP contribution in [0.2, 0.25) is 0 Å². The van der Waals surface area contributed by atoms with Gasteiger partial charge in [-0.3, -0.25) is 4.79 Å². The second-order valence-electron chi connectivity index (χ2n) is 4.81. The van der Waals surface area contributed by atoms with Crippen LogP contribution >= 0.6 is 0 Å². The van der Waals surface area contributed by atoms with Gasteiger partial charge in [-0.05, 0) is 24.6 Å². The van der Waals surface area contributed by atoms with Crippen molar-refractivity contribution in [2.24, 2.45) is 5.92 Å². The normalized spacial score (nSPS) is 23.4. The fourth-order valence-electron chi connectivity index (χ4n) is 2.70. The van der Waals surface area contributed by atoms with Crippen LogP contribution < -0.4 is 5.32 Å². The van der Waals surface area contributed by atoms with E-state index in [1.807, 2.05) is 0 Å². The SMILES string of the molecule is COC(=O)[C@@H]1CCNC[C@H]1c1ccccc1C(F)(F)F. The van der Waals surface area contributed by atoms with Crippen LogP contribution in [-0.2, 0) is 15.7 Å². The molecule has 110 valence electrons. The maximum Gasteiger partial charge on any atom is 0.416 e. The van der Waals surface area contributed by atoms with Crippen LogP contribution in [0.3, 0.4) is 0 Å². The molecule has 0 aromatic heterocycles. The number of hydrogen-bond donors (Lipinski definition) is 1. The summed E-state index contributed by atoms with van der Waals surface area (Å²) in [4.78, 5) is 11.8. The Morgan fingerprint density at radius 1 is 1.35 bits per heavy atom. The number of carbonyl (C=O) groups excluding carboxylic acids is 1. The highest BCUT2D eigenvalue weighted by Crippen LogP contribution is 2.39. The summed E-state index contributed by atoms with van der Waals surface area (Å²) >= 11 is 0. The van der Waals surface area contributed by atoms with Crippen molar-refractivity contribution in [1.82, 2.24) is 5.32 Å². The molecule has 1 saturated heterocycles. The summed E-state index contributed by atoms with van der Waals surface area (Å²) in [6.07, 6.45) is -3.95. The molecule has 1 fully saturated rings. The van der Waals surface area contributed by atoms with Gasteiger partial charge in [0.25, 0.3) is 0 Å². The van der Waals surface area contributed by atoms with E-state index in [-0.39, 0.29) is 5.56 Å². The molecular weight excluding hydrogens is 271 g/mol. The zero-order valence-electron chi connectivity index (χ0n) is 11.0. The highest BCUT2D eigenvalue weighted by molar-refractivity contribution is 5.74. The number of hydrogen-bond acceptors (Lipinski definition) is 3. The number of piperidine rings is 1. The minimum absolute atomic E-state index is 0.155. The van der Waals surface area contributed by atoms with Gasteiger partial charge in [-0.2, -0.15) is 13.2 Å². The van der Waals surface area contributed by atoms with Crippen LogP contribution in [0, 0.1) is 5.92 Å². The third-order valence-corrected chi connectivity index (χ3v) is 3.65. The molecule has 1 aliphatic heterocycles. The van der Waals surface area contributed by atoms with Crippen molar-refractivity contribution in [1.29, 1.82) is 0 Å². The number of benzene rings is 1. The second-order valence-corrected chi connectivity index (χ2v) is 4.81. The number of methoxy groups -OCH3 is 1. The maximum absolute atomic E-state index is 13.1. The van der Waals surface area contributed by atoms with Crippen molar-refractivity contribution < 1.29 is 22.7 Å². The van der Waals surface area contributed by atoms with Gasteiger partial charge in [-0.15, -0.1) is 0 Å². The lowest BCUT2D eigenvalue weighted by Gasteiger charge is -2.32. The van der Waals surface area contributed by atoms with Crippen molar-refractivity contribution in [3.63, 3.8) is 0 Å². The Kier molecular flexibility index (Phi) is 4.32. The van der Waals surface area contributed by atoms with E-state index in [9.17, 15) is 18.0 Å². The third-order valence-electron chi connectivity index (χ3n) is 3.65. The molecule has 1 N–H and O–H groups in total. The van der Waals surface area contributed by atoms with Crippen LogP contribution in [0.1, 0.15) is 23.5 Å². The Balaban J connectivity index is 2.40. The molecule has 0 unspecified atom stereocenters. The number of rotatable bonds is 2. The first-order valence-corrected chi connectivity index (χ1v) is 6.40. The fourth-order valence-corrected chi connectivity index (χ4v) is 2.70. The first-order valence-electron chi connectivity index (χ1n) is 6.40. The first-order chi connectivity index (χ1) is 9.45. The van der Waals surface area contributed by atoms with Crippen LogP contribution in [0.4, 0.5) is 13.2 Å². The van der Waals surface area contributed by atoms with Crippen molar-refractivity contribution in [3.05, 3.63) is 35.4 Å². The summed E-state index contributed by atoms with van der Waals surface area (Å²) in [6, 6.07) is 5.41. The van der Waals surface area contributed by atoms with E-state index in [0.29, 0.717) is 19.5 Å². The highest BCUT2D eigenvalue weighted by atomic mass is 19.4. The summed E-state index contributed by atoms with van der Waals surface area (Å²) in [5, 5.41) is 3.05. The summed E-state index contributed by atoms with van der Waals surface area (Å²) in [7, 11) is 1.26. The topological polar surface area (TPSA) is 38.3 Å². The van der Waals surface area contributed by atoms with Gasteiger partial charge in [0.2, 0.25) is 0 Å². The van der Waals surface area contributed by atoms with Crippen molar-refractivity contribution >= 4 is 5.97 Å². The van der Waals surface area contributed by atoms with Gasteiger partial charge < -0.3 is 10.1 Å². The molecule has 1 aromatic rings. The lowest BCUT2D eigenvalue weighted by atomic mass is 9.79. The molecule has 20 heavy (non-hydrogen) atoms. The van der Waals surface area contributed by atoms with Crippen molar-refractivity contribution in [3.8, 4) is 0 Å². The van der Waals surface area contributed by atoms with Gasteiger partial charge in [0.15, 0.2) is 0 Å². The average Bonchev–Trinajstić information content (AvgIpc) is 2.45. The molecule has 0 radical (unpaired) electrons. The molecular formula is C14H16F3NO2. The summed E-state index contributed by atoms with van der Waals surface area (Å²) in [5.41, 5.74) is -0.523. The number of carbonyl (C=O) groups is 1. The van der Waals surface area contributed by atoms with Crippen LogP contribution in [0.15, 0.2) is 24.3 Å². The molecule has 2 atom stereocenters. The quantitative estimate of drug-likeness (QED) is 0.850. The molecule has 0 bridgehead atoms. The van der Waals surface area contributed by atoms with E-state index in [1.54, 1.807) is 6.07 Å². The molecule has 0 saturated carbocycles. The van der Waals surface area contributed by atoms with Crippen LogP contribution in [0.25, 0.3) is 0 Å². The van der Waals surface area contributed by atoms with E-state index in [1.165, 1.54) is 19.2 Å². The zero-order chi connectivity index (χ0) is 14.8. The number of halogens is 3. The van der Waals surface area contributed by atoms with Crippen molar-refractivity contribution in [2.45, 2.75) is 18.5 Å². The number of alkyl halides is 3. The van der Waals surface area contributed by atoms with Gasteiger partial charge in [0, 0.05) is 12.5 Å². The van der Waals surface area contributed by atoms with E-state index in [2.05, 4.69) is 5.32 Å². The fraction of sp³-hybridized carbons (Fsp3) is 0.500. The van der Waals surface area contributed by atoms with E-state index < -0.39 is 29.5 Å². The Morgan fingerprint density at radius 3 is 2.70 bits per heavy atom. The molecule has 2 rings (SSSR count). The predicted octanol–water partition coefficient (Wildman–Crippen LogP) is 2.57. The van der Waals surface area contributed by atoms with Gasteiger partial charge in [-0.1, -0.05) is 18.2 Å². The molecule has 0 aliphatic carbocycles. The van der Waals surface area contributed by atoms with Gasteiger partial charge in [-0.25, -0.2) is 0 Å². The highest BCUT2D eigenvalue weighted by Gasteiger charge is 2.39. The monoisotopic (exact) mass is 287 g/mol. The molecule has 1 aliphatic rings. The molecule has 6 heteroatoms. The number of nitrogens with one attached hydrogen (secondary N) is 1. The minimum Gasteiger partial charge on any atom is -0.469 e. The zero-order valence-corrected chi connectivity index (χ0v) is 11.0. The molecule has 0 amide bonds. The lowest BCUT2D eigenvalue weighted by molar-refractivity contribution is -0.148. The smallest absolute Gasteiger partial charge is 0.416 e. The first kappa shape index (κ1) is 14.8. The third kappa shape index (κ3) is 2.95. The standard InChI is InChI=1S/C14H16F3NO2/c1-20-13(19)10-6-7-18-8-11(10)9-4-2-3-5-12(9)14(15,16)17/h2-5,10-11,18H,6-8H2,1H3/t10-,11+/m1/s1. The van der Waals surface area contributed by atoms with Crippen LogP contribution in [-0.4, -0.2) is 26.2 Å². The Hall–Kier alpha value is -1.56. The van der Waals surface area contributed by atoms with E-state index >= 15 is 0 Å². The van der Waals surface area contributed by atoms with Gasteiger partial charge in [0.1, 0.15) is 0 Å². The maximum atomic E-state index is 13.1. The summed E-state index contributed by atoms with van der Waals surface area (Å²) in [5.74, 6) is -1.51. The number of esters is 1. The van der Waals surface area contributed by atoms with Crippen LogP contribution in [0.5, 0.6) is 0 Å². The van der Waals surface area contributed by atoms with Gasteiger partial charge in [0.05, 0.1) is 18.6 Å². The minimum atomic E-state index is -4.42. The van der Waals surface area contributed by atoms with E-state index in [0.717, 1.165) is 6.07 Å². The number of ether oxygens (including phenoxy) is 1. The molecule has 1 heterocycles. The van der Waals surface area contributed by atoms with E-state index in [4.69, 9.17) is 4.74 Å². The molecule has 0 spiro atoms. The largest absolute Gasteiger partial charge is 0.469 e. The Bertz CT molecular complexity index is 488. The summed E-state index contributed by atoms with van der Waals surface area (Å²) in [6.45, 7) is 0.942. The second kappa shape index (κ2) is 5.83. The Morgan fingerprint density at radius 2 is 2.05 bits per heavy atom. The summed E-state index contributed by atoms with van der Waals surface area (Å²) < 4.78 is 43.9. The molecule has 3 nitrogen and oxygen atoms in total. The Labute approximate surface area is 115 Å². The molecule has 1 aromatic carbocycles. The predicted molar refractivity (Wildman–Crippen MR) is 67.2 cm³/mol. The van der Waals surface area contributed by atoms with Crippen molar-refractivity contribution in [2.75, 3.05) is 20.2 Å². The van der Waals surface area contributed by atoms with Gasteiger partial charge >= 0.3 is 12.1 Å². The lowest BCUT2D eigenvalue weighted by Crippen LogP contribution is -2.40. The average molecular weight is 287 g/mol.